The molecule has 1 aromatic carbocycles. The molecule has 1 aromatic rings. The fraction of sp³-hybridized carbons (Fsp3) is 0.556. The highest BCUT2D eigenvalue weighted by atomic mass is 31.2. The lowest BCUT2D eigenvalue weighted by atomic mass is 10.0. The first-order valence-corrected chi connectivity index (χ1v) is 12.5. The minimum Gasteiger partial charge on any atom is -0.309 e. The van der Waals surface area contributed by atoms with Gasteiger partial charge in [0.25, 0.3) is 0 Å². The maximum atomic E-state index is 13.0. The van der Waals surface area contributed by atoms with Crippen molar-refractivity contribution in [2.75, 3.05) is 26.4 Å². The number of benzene rings is 1. The maximum Gasteiger partial charge on any atom is 0.335 e. The molecule has 28 heavy (non-hydrogen) atoms. The van der Waals surface area contributed by atoms with Gasteiger partial charge in [0.2, 0.25) is 0 Å². The Morgan fingerprint density at radius 1 is 0.714 bits per heavy atom. The van der Waals surface area contributed by atoms with E-state index in [9.17, 15) is 19.7 Å². The van der Waals surface area contributed by atoms with Gasteiger partial charge in [-0.1, -0.05) is 0 Å². The van der Waals surface area contributed by atoms with E-state index in [0.717, 1.165) is 0 Å². The van der Waals surface area contributed by atoms with Crippen LogP contribution in [0.5, 0.6) is 0 Å². The molecule has 0 N–H and O–H groups in total. The smallest absolute Gasteiger partial charge is 0.309 e. The van der Waals surface area contributed by atoms with Gasteiger partial charge in [-0.3, -0.25) is 9.13 Å². The Morgan fingerprint density at radius 3 is 1.21 bits per heavy atom. The van der Waals surface area contributed by atoms with Crippen molar-refractivity contribution in [1.82, 2.24) is 0 Å². The maximum absolute atomic E-state index is 13.0. The second-order valence-electron chi connectivity index (χ2n) is 5.60. The first-order chi connectivity index (χ1) is 13.3. The molecule has 0 amide bonds. The van der Waals surface area contributed by atoms with Crippen LogP contribution < -0.4 is 0 Å². The Bertz CT molecular complexity index is 755. The zero-order valence-corrected chi connectivity index (χ0v) is 18.4. The lowest BCUT2D eigenvalue weighted by Gasteiger charge is -2.22. The van der Waals surface area contributed by atoms with Gasteiger partial charge in [0.15, 0.2) is 0 Å². The average Bonchev–Trinajstić information content (AvgIpc) is 2.63. The molecule has 10 heteroatoms. The van der Waals surface area contributed by atoms with Crippen molar-refractivity contribution in [2.24, 2.45) is 0 Å². The van der Waals surface area contributed by atoms with Crippen molar-refractivity contribution in [3.63, 3.8) is 0 Å². The zero-order chi connectivity index (χ0) is 21.2. The highest BCUT2D eigenvalue weighted by molar-refractivity contribution is 7.53. The van der Waals surface area contributed by atoms with E-state index in [4.69, 9.17) is 18.1 Å². The number of rotatable bonds is 12. The summed E-state index contributed by atoms with van der Waals surface area (Å²) in [5.41, 5.74) is 1.15. The van der Waals surface area contributed by atoms with Gasteiger partial charge in [0, 0.05) is 0 Å². The summed E-state index contributed by atoms with van der Waals surface area (Å²) in [7, 11) is -6.96. The molecule has 8 nitrogen and oxygen atoms in total. The summed E-state index contributed by atoms with van der Waals surface area (Å²) < 4.78 is 47.3. The largest absolute Gasteiger partial charge is 0.335 e. The summed E-state index contributed by atoms with van der Waals surface area (Å²) in [6.45, 7) is 7.54. The highest BCUT2D eigenvalue weighted by Crippen LogP contribution is 2.55. The van der Waals surface area contributed by atoms with E-state index in [1.165, 1.54) is 12.1 Å². The molecular weight excluding hydrogens is 402 g/mol. The van der Waals surface area contributed by atoms with E-state index in [-0.39, 0.29) is 49.9 Å². The molecule has 0 saturated carbocycles. The van der Waals surface area contributed by atoms with Crippen molar-refractivity contribution < 1.29 is 27.2 Å². The Balaban J connectivity index is 3.49. The summed E-state index contributed by atoms with van der Waals surface area (Å²) in [5.74, 6) is 0. The molecule has 0 aromatic heterocycles. The summed E-state index contributed by atoms with van der Waals surface area (Å²) in [5, 5.41) is 18.7. The zero-order valence-electron chi connectivity index (χ0n) is 16.6. The van der Waals surface area contributed by atoms with Crippen LogP contribution in [0.1, 0.15) is 49.9 Å². The SMILES string of the molecule is CCOP(=O)(Cc1cc(C#N)c(C#N)cc1CP(=O)(OCC)OCC)OCC. The Labute approximate surface area is 166 Å². The topological polar surface area (TPSA) is 119 Å². The van der Waals surface area contributed by atoms with Gasteiger partial charge in [0.1, 0.15) is 12.1 Å². The lowest BCUT2D eigenvalue weighted by Crippen LogP contribution is -2.06. The normalized spacial score (nSPS) is 11.8. The number of nitriles is 2. The van der Waals surface area contributed by atoms with Crippen molar-refractivity contribution >= 4 is 15.2 Å². The molecule has 1 rings (SSSR count). The van der Waals surface area contributed by atoms with E-state index in [0.29, 0.717) is 11.1 Å². The van der Waals surface area contributed by atoms with Crippen molar-refractivity contribution in [1.29, 1.82) is 10.5 Å². The monoisotopic (exact) mass is 428 g/mol. The van der Waals surface area contributed by atoms with Crippen LogP contribution in [0.3, 0.4) is 0 Å². The van der Waals surface area contributed by atoms with Crippen LogP contribution in [-0.4, -0.2) is 26.4 Å². The van der Waals surface area contributed by atoms with Crippen molar-refractivity contribution in [3.05, 3.63) is 34.4 Å². The predicted molar refractivity (Wildman–Crippen MR) is 105 cm³/mol. The Hall–Kier alpha value is -1.50. The highest BCUT2D eigenvalue weighted by Gasteiger charge is 2.30. The molecule has 0 saturated heterocycles. The minimum atomic E-state index is -3.48. The van der Waals surface area contributed by atoms with E-state index in [1.807, 2.05) is 12.1 Å². The van der Waals surface area contributed by atoms with Crippen LogP contribution in [0.4, 0.5) is 0 Å². The molecule has 0 bridgehead atoms. The van der Waals surface area contributed by atoms with E-state index in [2.05, 4.69) is 0 Å². The molecule has 0 radical (unpaired) electrons. The van der Waals surface area contributed by atoms with Gasteiger partial charge >= 0.3 is 15.2 Å². The molecule has 0 aliphatic rings. The first-order valence-electron chi connectivity index (χ1n) is 9.02. The van der Waals surface area contributed by atoms with Crippen LogP contribution in [0.15, 0.2) is 12.1 Å². The molecule has 0 fully saturated rings. The minimum absolute atomic E-state index is 0.122. The van der Waals surface area contributed by atoms with Gasteiger partial charge in [-0.2, -0.15) is 10.5 Å². The number of nitrogens with zero attached hydrogens (tertiary/aromatic N) is 2. The van der Waals surface area contributed by atoms with Gasteiger partial charge in [0.05, 0.1) is 49.9 Å². The van der Waals surface area contributed by atoms with Crippen LogP contribution in [0, 0.1) is 22.7 Å². The van der Waals surface area contributed by atoms with Gasteiger partial charge in [-0.05, 0) is 51.0 Å². The van der Waals surface area contributed by atoms with E-state index >= 15 is 0 Å². The van der Waals surface area contributed by atoms with Crippen LogP contribution >= 0.6 is 15.2 Å². The van der Waals surface area contributed by atoms with E-state index in [1.54, 1.807) is 27.7 Å². The van der Waals surface area contributed by atoms with Gasteiger partial charge in [-0.15, -0.1) is 0 Å². The molecule has 0 atom stereocenters. The van der Waals surface area contributed by atoms with Gasteiger partial charge < -0.3 is 18.1 Å². The summed E-state index contributed by atoms with van der Waals surface area (Å²) in [4.78, 5) is 0. The third-order valence-corrected chi connectivity index (χ3v) is 7.67. The molecule has 0 heterocycles. The Morgan fingerprint density at radius 2 is 1.00 bits per heavy atom. The first kappa shape index (κ1) is 24.5. The van der Waals surface area contributed by atoms with Crippen molar-refractivity contribution in [2.45, 2.75) is 40.0 Å². The molecule has 154 valence electrons. The molecule has 0 spiro atoms. The fourth-order valence-electron chi connectivity index (χ4n) is 2.63. The number of hydrogen-bond acceptors (Lipinski definition) is 8. The quantitative estimate of drug-likeness (QED) is 0.429. The third-order valence-electron chi connectivity index (χ3n) is 3.61. The molecule has 0 aliphatic carbocycles. The predicted octanol–water partition coefficient (Wildman–Crippen LogP) is 4.96. The van der Waals surface area contributed by atoms with Crippen LogP contribution in [0.25, 0.3) is 0 Å². The second-order valence-corrected chi connectivity index (χ2v) is 9.71. The second kappa shape index (κ2) is 11.5. The Kier molecular flexibility index (Phi) is 10.1. The standard InChI is InChI=1S/C18H26N2O6P2/c1-5-23-27(21,24-6-2)13-17-9-15(11-19)16(12-20)10-18(17)14-28(22,25-7-3)26-8-4/h9-10H,5-8,13-14H2,1-4H3. The van der Waals surface area contributed by atoms with Crippen LogP contribution in [-0.2, 0) is 39.5 Å². The summed E-state index contributed by atoms with van der Waals surface area (Å²) in [6, 6.07) is 6.82. The van der Waals surface area contributed by atoms with Gasteiger partial charge in [-0.25, -0.2) is 0 Å². The molecular formula is C18H26N2O6P2. The molecule has 0 aliphatic heterocycles. The average molecular weight is 428 g/mol. The third kappa shape index (κ3) is 6.83. The van der Waals surface area contributed by atoms with E-state index < -0.39 is 15.2 Å². The summed E-state index contributed by atoms with van der Waals surface area (Å²) in [6.07, 6.45) is -0.245. The van der Waals surface area contributed by atoms with Crippen molar-refractivity contribution in [3.8, 4) is 12.1 Å². The molecule has 0 unspecified atom stereocenters. The number of hydrogen-bond donors (Lipinski definition) is 0. The fourth-order valence-corrected chi connectivity index (χ4v) is 6.14. The summed E-state index contributed by atoms with van der Waals surface area (Å²) >= 11 is 0. The lowest BCUT2D eigenvalue weighted by molar-refractivity contribution is 0.217. The van der Waals surface area contributed by atoms with Crippen LogP contribution in [0.2, 0.25) is 0 Å².